The van der Waals surface area contributed by atoms with Crippen molar-refractivity contribution in [2.24, 2.45) is 16.8 Å². The Morgan fingerprint density at radius 1 is 1.18 bits per heavy atom. The number of anilines is 1. The Labute approximate surface area is 293 Å². The zero-order valence-electron chi connectivity index (χ0n) is 28.5. The average Bonchev–Trinajstić information content (AvgIpc) is 3.76. The number of benzene rings is 2. The molecule has 12 nitrogen and oxygen atoms in total. The van der Waals surface area contributed by atoms with Crippen LogP contribution in [0.25, 0.3) is 0 Å². The molecule has 1 fully saturated rings. The maximum Gasteiger partial charge on any atom is 0.254 e. The molecule has 4 N–H and O–H groups in total. The molecule has 1 aliphatic heterocycles. The molecule has 1 saturated heterocycles. The van der Waals surface area contributed by atoms with Gasteiger partial charge in [0.15, 0.2) is 0 Å². The number of hydrogen-bond donors (Lipinski definition) is 4. The van der Waals surface area contributed by atoms with E-state index in [-0.39, 0.29) is 53.7 Å². The van der Waals surface area contributed by atoms with E-state index in [1.54, 1.807) is 11.1 Å². The van der Waals surface area contributed by atoms with Crippen molar-refractivity contribution in [2.75, 3.05) is 50.3 Å². The highest BCUT2D eigenvalue weighted by atomic mass is 32.2. The van der Waals surface area contributed by atoms with E-state index in [1.807, 2.05) is 49.6 Å². The van der Waals surface area contributed by atoms with Crippen molar-refractivity contribution in [3.63, 3.8) is 0 Å². The van der Waals surface area contributed by atoms with Crippen LogP contribution >= 0.6 is 11.3 Å². The number of nitrogens with zero attached hydrogens (tertiary/aromatic N) is 4. The highest BCUT2D eigenvalue weighted by molar-refractivity contribution is 7.92. The van der Waals surface area contributed by atoms with E-state index in [0.29, 0.717) is 26.1 Å². The second kappa shape index (κ2) is 17.6. The molecule has 4 rings (SSSR count). The first-order valence-electron chi connectivity index (χ1n) is 16.4. The zero-order valence-corrected chi connectivity index (χ0v) is 30.1. The summed E-state index contributed by atoms with van der Waals surface area (Å²) < 4.78 is 26.1. The standard InChI is InChI=1S/C35H47N7O5S2/c1-5-37-19-26(18-36)20-38-22-32(43)29(14-25-10-7-6-8-11-25)21-39-33(44)27-15-28(17-30(16-27)41(3)49(4,46)47)35(45)42-13-9-12-31(42)34-40-24(2)23-48-34/h6-8,10-11,15-19,23,26,29,31-32,36,38,43H,5,9,12-14,20-22H2,1-4H3,(H,39,44). The molecule has 49 heavy (non-hydrogen) atoms. The molecular formula is C35H47N7O5S2. The molecule has 0 bridgehead atoms. The molecule has 0 spiro atoms. The number of amides is 2. The second-order valence-electron chi connectivity index (χ2n) is 12.3. The van der Waals surface area contributed by atoms with Crippen LogP contribution in [0.1, 0.15) is 62.8 Å². The number of aromatic nitrogens is 1. The number of aliphatic hydroxyl groups excluding tert-OH is 1. The first-order chi connectivity index (χ1) is 23.4. The highest BCUT2D eigenvalue weighted by Crippen LogP contribution is 2.35. The number of aliphatic imine (C=N–C) groups is 1. The van der Waals surface area contributed by atoms with E-state index in [4.69, 9.17) is 5.41 Å². The summed E-state index contributed by atoms with van der Waals surface area (Å²) in [4.78, 5) is 38.2. The number of sulfonamides is 1. The summed E-state index contributed by atoms with van der Waals surface area (Å²) in [5, 5.41) is 27.8. The number of nitrogens with one attached hydrogen (secondary N) is 3. The Morgan fingerprint density at radius 2 is 1.92 bits per heavy atom. The van der Waals surface area contributed by atoms with Gasteiger partial charge in [-0.25, -0.2) is 13.4 Å². The molecule has 1 aromatic heterocycles. The summed E-state index contributed by atoms with van der Waals surface area (Å²) in [7, 11) is -2.32. The molecule has 14 heteroatoms. The number of thiazole rings is 1. The van der Waals surface area contributed by atoms with Crippen molar-refractivity contribution in [3.8, 4) is 0 Å². The van der Waals surface area contributed by atoms with Crippen LogP contribution in [0.3, 0.4) is 0 Å². The van der Waals surface area contributed by atoms with Gasteiger partial charge in [-0.2, -0.15) is 0 Å². The number of hydrogen-bond acceptors (Lipinski definition) is 10. The van der Waals surface area contributed by atoms with E-state index in [1.165, 1.54) is 42.8 Å². The Balaban J connectivity index is 1.55. The van der Waals surface area contributed by atoms with Crippen molar-refractivity contribution >= 4 is 51.3 Å². The fourth-order valence-corrected chi connectivity index (χ4v) is 7.17. The largest absolute Gasteiger partial charge is 0.391 e. The second-order valence-corrected chi connectivity index (χ2v) is 15.3. The van der Waals surface area contributed by atoms with Gasteiger partial charge in [0.1, 0.15) is 5.01 Å². The summed E-state index contributed by atoms with van der Waals surface area (Å²) in [5.41, 5.74) is 2.41. The molecule has 4 unspecified atom stereocenters. The monoisotopic (exact) mass is 709 g/mol. The van der Waals surface area contributed by atoms with Crippen molar-refractivity contribution < 1.29 is 23.1 Å². The number of likely N-dealkylation sites (tertiary alicyclic amines) is 1. The van der Waals surface area contributed by atoms with Gasteiger partial charge in [-0.15, -0.1) is 11.3 Å². The van der Waals surface area contributed by atoms with E-state index in [0.717, 1.165) is 39.7 Å². The van der Waals surface area contributed by atoms with Crippen LogP contribution in [0.2, 0.25) is 0 Å². The molecule has 2 amide bonds. The van der Waals surface area contributed by atoms with Crippen LogP contribution in [-0.4, -0.2) is 99.8 Å². The minimum absolute atomic E-state index is 0.120. The van der Waals surface area contributed by atoms with Gasteiger partial charge in [0, 0.05) is 86.2 Å². The Kier molecular flexibility index (Phi) is 13.6. The quantitative estimate of drug-likeness (QED) is 0.155. The Bertz CT molecular complexity index is 1710. The van der Waals surface area contributed by atoms with E-state index >= 15 is 0 Å². The van der Waals surface area contributed by atoms with Crippen molar-refractivity contribution in [1.82, 2.24) is 20.5 Å². The normalized spacial score (nSPS) is 16.8. The minimum atomic E-state index is -3.70. The molecule has 4 atom stereocenters. The van der Waals surface area contributed by atoms with Crippen LogP contribution in [0.15, 0.2) is 58.9 Å². The number of carbonyl (C=O) groups is 2. The molecule has 2 aromatic carbocycles. The summed E-state index contributed by atoms with van der Waals surface area (Å²) in [6.45, 7) is 5.77. The maximum absolute atomic E-state index is 14.0. The molecular weight excluding hydrogens is 663 g/mol. The fraction of sp³-hybridized carbons (Fsp3) is 0.457. The first kappa shape index (κ1) is 37.8. The summed E-state index contributed by atoms with van der Waals surface area (Å²) in [6.07, 6.45) is 5.31. The minimum Gasteiger partial charge on any atom is -0.391 e. The lowest BCUT2D eigenvalue weighted by atomic mass is 9.93. The lowest BCUT2D eigenvalue weighted by Crippen LogP contribution is -2.42. The molecule has 0 radical (unpaired) electrons. The number of aliphatic hydroxyl groups is 1. The van der Waals surface area contributed by atoms with Crippen molar-refractivity contribution in [3.05, 3.63) is 81.3 Å². The lowest BCUT2D eigenvalue weighted by Gasteiger charge is -2.26. The van der Waals surface area contributed by atoms with Crippen molar-refractivity contribution in [1.29, 1.82) is 5.41 Å². The number of aryl methyl sites for hydroxylation is 1. The van der Waals surface area contributed by atoms with Gasteiger partial charge >= 0.3 is 0 Å². The van der Waals surface area contributed by atoms with Crippen LogP contribution < -0.4 is 14.9 Å². The van der Waals surface area contributed by atoms with Crippen LogP contribution in [0.5, 0.6) is 0 Å². The van der Waals surface area contributed by atoms with Gasteiger partial charge in [-0.05, 0) is 56.9 Å². The third-order valence-corrected chi connectivity index (χ3v) is 10.8. The summed E-state index contributed by atoms with van der Waals surface area (Å²) in [6, 6.07) is 13.9. The zero-order chi connectivity index (χ0) is 35.6. The molecule has 264 valence electrons. The number of carbonyl (C=O) groups excluding carboxylic acids is 2. The molecule has 3 aromatic rings. The third-order valence-electron chi connectivity index (χ3n) is 8.56. The van der Waals surface area contributed by atoms with Gasteiger partial charge in [0.25, 0.3) is 11.8 Å². The van der Waals surface area contributed by atoms with Gasteiger partial charge in [0.2, 0.25) is 10.0 Å². The molecule has 2 heterocycles. The van der Waals surface area contributed by atoms with Crippen LogP contribution in [0, 0.1) is 24.2 Å². The number of rotatable bonds is 17. The van der Waals surface area contributed by atoms with Gasteiger partial charge < -0.3 is 26.0 Å². The lowest BCUT2D eigenvalue weighted by molar-refractivity contribution is 0.0735. The predicted octanol–water partition coefficient (Wildman–Crippen LogP) is 3.72. The smallest absolute Gasteiger partial charge is 0.254 e. The fourth-order valence-electron chi connectivity index (χ4n) is 5.74. The van der Waals surface area contributed by atoms with Gasteiger partial charge in [-0.3, -0.25) is 18.9 Å². The highest BCUT2D eigenvalue weighted by Gasteiger charge is 2.33. The van der Waals surface area contributed by atoms with E-state index in [9.17, 15) is 23.1 Å². The molecule has 0 saturated carbocycles. The van der Waals surface area contributed by atoms with E-state index < -0.39 is 22.0 Å². The third kappa shape index (κ3) is 10.5. The van der Waals surface area contributed by atoms with Crippen LogP contribution in [-0.2, 0) is 16.4 Å². The van der Waals surface area contributed by atoms with Crippen LogP contribution in [0.4, 0.5) is 5.69 Å². The molecule has 0 aliphatic carbocycles. The van der Waals surface area contributed by atoms with Gasteiger partial charge in [-0.1, -0.05) is 30.3 Å². The van der Waals surface area contributed by atoms with Gasteiger partial charge in [0.05, 0.1) is 24.1 Å². The first-order valence-corrected chi connectivity index (χ1v) is 19.2. The summed E-state index contributed by atoms with van der Waals surface area (Å²) in [5.74, 6) is -1.38. The summed E-state index contributed by atoms with van der Waals surface area (Å²) >= 11 is 1.51. The topological polar surface area (TPSA) is 168 Å². The van der Waals surface area contributed by atoms with E-state index in [2.05, 4.69) is 20.6 Å². The maximum atomic E-state index is 14.0. The Morgan fingerprint density at radius 3 is 2.57 bits per heavy atom. The predicted molar refractivity (Wildman–Crippen MR) is 196 cm³/mol. The van der Waals surface area contributed by atoms with Crippen molar-refractivity contribution in [2.45, 2.75) is 45.3 Å². The average molecular weight is 710 g/mol. The Hall–Kier alpha value is -3.98. The molecule has 1 aliphatic rings. The SMILES string of the molecule is CCN=CC(C=N)CNCC(O)C(CNC(=O)c1cc(C(=O)N2CCCC2c2nc(C)cs2)cc(N(C)S(C)(=O)=O)c1)Cc1ccccc1.